The minimum atomic E-state index is 0.307. The van der Waals surface area contributed by atoms with Crippen molar-refractivity contribution in [1.29, 1.82) is 0 Å². The van der Waals surface area contributed by atoms with Crippen molar-refractivity contribution in [3.63, 3.8) is 0 Å². The van der Waals surface area contributed by atoms with E-state index in [2.05, 4.69) is 185 Å². The Bertz CT molecular complexity index is 2990. The molecule has 0 radical (unpaired) electrons. The predicted molar refractivity (Wildman–Crippen MR) is 275 cm³/mol. The number of hydrogen-bond donors (Lipinski definition) is 2. The lowest BCUT2D eigenvalue weighted by Crippen LogP contribution is -2.07. The number of nitrogen functional groups attached to an aromatic ring is 2. The first-order chi connectivity index (χ1) is 30.5. The van der Waals surface area contributed by atoms with Crippen LogP contribution >= 0.6 is 0 Å². The van der Waals surface area contributed by atoms with Crippen LogP contribution < -0.4 is 16.2 Å². The molecule has 8 aromatic rings. The van der Waals surface area contributed by atoms with Crippen LogP contribution in [0.2, 0.25) is 0 Å². The van der Waals surface area contributed by atoms with Gasteiger partial charge < -0.3 is 16.2 Å². The van der Waals surface area contributed by atoms with Gasteiger partial charge in [0.15, 0.2) is 0 Å². The summed E-state index contributed by atoms with van der Waals surface area (Å²) in [7, 11) is 0. The second-order valence-electron chi connectivity index (χ2n) is 19.6. The molecule has 0 aliphatic carbocycles. The molecule has 0 bridgehead atoms. The molecular formula is C59H66N4O. The normalized spacial score (nSPS) is 12.1. The van der Waals surface area contributed by atoms with Gasteiger partial charge in [-0.2, -0.15) is 0 Å². The maximum Gasteiger partial charge on any atom is 0.138 e. The van der Waals surface area contributed by atoms with Crippen molar-refractivity contribution < 1.29 is 4.74 Å². The molecule has 64 heavy (non-hydrogen) atoms. The number of aromatic nitrogens is 2. The van der Waals surface area contributed by atoms with Gasteiger partial charge in [-0.15, -0.1) is 0 Å². The molecule has 4 N–H and O–H groups in total. The Morgan fingerprint density at radius 1 is 0.469 bits per heavy atom. The standard InChI is InChI=1S/C59H66N4O/c1-33(2)40-29-50(35(5)6)58(51(30-40)36(7)8)39-24-25-62-55(31-39)63-53-19-14-13-16-48(53)49-21-20-43(32-54(49)63)64-44-27-41(26-42(28-44)47-17-15-18-52(60)59(47)61)46-23-22-45(34(3)4)56(37(9)10)57(46)38(11)12/h13-38H,60-61H2,1-12H3. The number of ether oxygens (including phenoxy) is 1. The molecule has 8 rings (SSSR count). The first kappa shape index (κ1) is 44.3. The fraction of sp³-hybridized carbons (Fsp3) is 0.305. The van der Waals surface area contributed by atoms with Crippen molar-refractivity contribution in [2.24, 2.45) is 0 Å². The van der Waals surface area contributed by atoms with Crippen LogP contribution in [0.1, 0.15) is 152 Å². The number of nitrogens with two attached hydrogens (primary N) is 2. The summed E-state index contributed by atoms with van der Waals surface area (Å²) in [4.78, 5) is 5.08. The molecule has 0 unspecified atom stereocenters. The van der Waals surface area contributed by atoms with Gasteiger partial charge in [0, 0.05) is 28.6 Å². The summed E-state index contributed by atoms with van der Waals surface area (Å²) in [6, 6.07) is 41.3. The summed E-state index contributed by atoms with van der Waals surface area (Å²) in [5, 5.41) is 2.30. The van der Waals surface area contributed by atoms with E-state index in [0.717, 1.165) is 55.8 Å². The Balaban J connectivity index is 1.31. The van der Waals surface area contributed by atoms with E-state index in [1.807, 2.05) is 24.4 Å². The van der Waals surface area contributed by atoms with Crippen LogP contribution in [0.5, 0.6) is 11.5 Å². The highest BCUT2D eigenvalue weighted by atomic mass is 16.5. The molecule has 0 saturated heterocycles. The molecule has 0 spiro atoms. The van der Waals surface area contributed by atoms with Crippen LogP contribution in [0.4, 0.5) is 11.4 Å². The van der Waals surface area contributed by atoms with Gasteiger partial charge in [0.2, 0.25) is 0 Å². The SMILES string of the molecule is CC(C)c1cc(C(C)C)c(-c2ccnc(-n3c4ccccc4c4ccc(Oc5cc(-c6cccc(N)c6N)cc(-c6ccc(C(C)C)c(C(C)C)c6C(C)C)c5)cc43)c2)c(C(C)C)c1. The molecule has 5 nitrogen and oxygen atoms in total. The zero-order chi connectivity index (χ0) is 45.7. The van der Waals surface area contributed by atoms with Crippen LogP contribution in [0.3, 0.4) is 0 Å². The highest BCUT2D eigenvalue weighted by molar-refractivity contribution is 6.09. The van der Waals surface area contributed by atoms with Crippen LogP contribution in [0, 0.1) is 0 Å². The van der Waals surface area contributed by atoms with E-state index in [9.17, 15) is 0 Å². The van der Waals surface area contributed by atoms with Crippen LogP contribution in [0.15, 0.2) is 121 Å². The van der Waals surface area contributed by atoms with Crippen molar-refractivity contribution in [3.05, 3.63) is 155 Å². The summed E-state index contributed by atoms with van der Waals surface area (Å²) in [5.41, 5.74) is 31.3. The van der Waals surface area contributed by atoms with Gasteiger partial charge >= 0.3 is 0 Å². The number of fused-ring (bicyclic) bond motifs is 3. The fourth-order valence-corrected chi connectivity index (χ4v) is 9.86. The van der Waals surface area contributed by atoms with Gasteiger partial charge in [-0.05, 0) is 151 Å². The maximum atomic E-state index is 7.01. The topological polar surface area (TPSA) is 79.1 Å². The third kappa shape index (κ3) is 8.17. The molecule has 2 aromatic heterocycles. The summed E-state index contributed by atoms with van der Waals surface area (Å²) in [6.45, 7) is 27.6. The molecule has 0 aliphatic heterocycles. The van der Waals surface area contributed by atoms with Crippen LogP contribution in [-0.4, -0.2) is 9.55 Å². The summed E-state index contributed by atoms with van der Waals surface area (Å²) in [5.74, 6) is 4.57. The monoisotopic (exact) mass is 847 g/mol. The quantitative estimate of drug-likeness (QED) is 0.120. The van der Waals surface area contributed by atoms with E-state index >= 15 is 0 Å². The van der Waals surface area contributed by atoms with Gasteiger partial charge in [0.25, 0.3) is 0 Å². The number of para-hydroxylation sites is 2. The smallest absolute Gasteiger partial charge is 0.138 e. The first-order valence-electron chi connectivity index (χ1n) is 23.4. The maximum absolute atomic E-state index is 7.01. The second kappa shape index (κ2) is 17.7. The Kier molecular flexibility index (Phi) is 12.2. The lowest BCUT2D eigenvalue weighted by atomic mass is 9.79. The number of benzene rings is 6. The lowest BCUT2D eigenvalue weighted by Gasteiger charge is -2.26. The largest absolute Gasteiger partial charge is 0.457 e. The predicted octanol–water partition coefficient (Wildman–Crippen LogP) is 16.9. The minimum Gasteiger partial charge on any atom is -0.457 e. The van der Waals surface area contributed by atoms with Crippen molar-refractivity contribution in [2.75, 3.05) is 11.5 Å². The van der Waals surface area contributed by atoms with Crippen molar-refractivity contribution in [3.8, 4) is 50.7 Å². The highest BCUT2D eigenvalue weighted by Crippen LogP contribution is 2.45. The summed E-state index contributed by atoms with van der Waals surface area (Å²) in [6.07, 6.45) is 1.97. The molecule has 5 heteroatoms. The Morgan fingerprint density at radius 2 is 1.11 bits per heavy atom. The number of hydrogen-bond acceptors (Lipinski definition) is 4. The minimum absolute atomic E-state index is 0.307. The van der Waals surface area contributed by atoms with E-state index in [0.29, 0.717) is 46.9 Å². The summed E-state index contributed by atoms with van der Waals surface area (Å²) >= 11 is 0. The number of pyridine rings is 1. The average molecular weight is 847 g/mol. The number of anilines is 2. The molecule has 328 valence electrons. The van der Waals surface area contributed by atoms with Crippen LogP contribution in [0.25, 0.3) is 61.0 Å². The van der Waals surface area contributed by atoms with E-state index in [4.69, 9.17) is 21.2 Å². The van der Waals surface area contributed by atoms with E-state index in [1.54, 1.807) is 0 Å². The van der Waals surface area contributed by atoms with Gasteiger partial charge in [-0.3, -0.25) is 4.57 Å². The van der Waals surface area contributed by atoms with Gasteiger partial charge in [0.05, 0.1) is 22.4 Å². The molecule has 0 atom stereocenters. The van der Waals surface area contributed by atoms with Crippen molar-refractivity contribution in [2.45, 2.75) is 119 Å². The van der Waals surface area contributed by atoms with Gasteiger partial charge in [0.1, 0.15) is 17.3 Å². The third-order valence-electron chi connectivity index (χ3n) is 13.0. The van der Waals surface area contributed by atoms with E-state index in [-0.39, 0.29) is 0 Å². The number of nitrogens with zero attached hydrogens (tertiary/aromatic N) is 2. The zero-order valence-electron chi connectivity index (χ0n) is 40.0. The Hall–Kier alpha value is -6.33. The molecule has 6 aromatic carbocycles. The van der Waals surface area contributed by atoms with E-state index in [1.165, 1.54) is 50.1 Å². The van der Waals surface area contributed by atoms with Crippen LogP contribution in [-0.2, 0) is 0 Å². The Labute approximate surface area is 381 Å². The highest BCUT2D eigenvalue weighted by Gasteiger charge is 2.24. The Morgan fingerprint density at radius 3 is 1.75 bits per heavy atom. The lowest BCUT2D eigenvalue weighted by molar-refractivity contribution is 0.484. The molecule has 0 fully saturated rings. The van der Waals surface area contributed by atoms with Gasteiger partial charge in [-0.1, -0.05) is 138 Å². The van der Waals surface area contributed by atoms with Crippen molar-refractivity contribution in [1.82, 2.24) is 9.55 Å². The van der Waals surface area contributed by atoms with Crippen molar-refractivity contribution >= 4 is 33.2 Å². The molecule has 2 heterocycles. The second-order valence-corrected chi connectivity index (χ2v) is 19.6. The third-order valence-corrected chi connectivity index (χ3v) is 13.0. The van der Waals surface area contributed by atoms with Gasteiger partial charge in [-0.25, -0.2) is 4.98 Å². The molecular weight excluding hydrogens is 781 g/mol. The molecule has 0 saturated carbocycles. The number of rotatable bonds is 12. The first-order valence-corrected chi connectivity index (χ1v) is 23.4. The van der Waals surface area contributed by atoms with E-state index < -0.39 is 0 Å². The summed E-state index contributed by atoms with van der Waals surface area (Å²) < 4.78 is 9.30. The average Bonchev–Trinajstić information content (AvgIpc) is 3.59. The zero-order valence-corrected chi connectivity index (χ0v) is 40.0. The molecule has 0 aliphatic rings. The fourth-order valence-electron chi connectivity index (χ4n) is 9.86. The molecule has 0 amide bonds.